The molecule has 0 radical (unpaired) electrons. The molecule has 0 aliphatic carbocycles. The number of ether oxygens (including phenoxy) is 2. The number of benzene rings is 3. The van der Waals surface area contributed by atoms with Gasteiger partial charge in [-0.1, -0.05) is 30.3 Å². The van der Waals surface area contributed by atoms with Crippen LogP contribution in [0.15, 0.2) is 77.7 Å². The minimum absolute atomic E-state index is 0.336. The van der Waals surface area contributed by atoms with Crippen molar-refractivity contribution in [3.63, 3.8) is 0 Å². The van der Waals surface area contributed by atoms with Crippen molar-refractivity contribution in [3.05, 3.63) is 78.4 Å². The fourth-order valence-electron chi connectivity index (χ4n) is 3.59. The van der Waals surface area contributed by atoms with E-state index in [1.807, 2.05) is 42.5 Å². The molecule has 0 unspecified atom stereocenters. The average Bonchev–Trinajstić information content (AvgIpc) is 2.83. The highest BCUT2D eigenvalue weighted by atomic mass is 32.2. The van der Waals surface area contributed by atoms with Crippen LogP contribution in [0, 0.1) is 0 Å². The largest absolute Gasteiger partial charge is 0.486 e. The zero-order valence-electron chi connectivity index (χ0n) is 18.9. The number of carbonyl (C=O) groups is 1. The molecule has 1 amide bonds. The highest BCUT2D eigenvalue weighted by Gasteiger charge is 2.30. The van der Waals surface area contributed by atoms with Gasteiger partial charge in [0.2, 0.25) is 15.9 Å². The summed E-state index contributed by atoms with van der Waals surface area (Å²) in [6, 6.07) is 21.5. The summed E-state index contributed by atoms with van der Waals surface area (Å²) in [6.45, 7) is 2.37. The van der Waals surface area contributed by atoms with Gasteiger partial charge >= 0.3 is 0 Å². The molecule has 1 atom stereocenters. The summed E-state index contributed by atoms with van der Waals surface area (Å²) in [5.74, 6) is 1.37. The maximum absolute atomic E-state index is 13.0. The molecule has 0 spiro atoms. The topological polar surface area (TPSA) is 84.9 Å². The number of nitrogens with zero attached hydrogens (tertiary/aromatic N) is 1. The molecule has 4 rings (SSSR count). The average molecular weight is 499 g/mol. The number of hydrogen-bond acceptors (Lipinski definition) is 6. The van der Waals surface area contributed by atoms with E-state index < -0.39 is 22.0 Å². The van der Waals surface area contributed by atoms with E-state index in [-0.39, 0.29) is 0 Å². The summed E-state index contributed by atoms with van der Waals surface area (Å²) in [6.07, 6.45) is 1.08. The predicted molar refractivity (Wildman–Crippen MR) is 135 cm³/mol. The minimum Gasteiger partial charge on any atom is -0.486 e. The first-order valence-electron chi connectivity index (χ1n) is 10.8. The van der Waals surface area contributed by atoms with Gasteiger partial charge in [-0.15, -0.1) is 11.8 Å². The van der Waals surface area contributed by atoms with E-state index in [2.05, 4.69) is 17.4 Å². The molecule has 178 valence electrons. The van der Waals surface area contributed by atoms with Gasteiger partial charge in [0, 0.05) is 22.4 Å². The number of sulfonamides is 1. The number of anilines is 2. The van der Waals surface area contributed by atoms with E-state index in [0.29, 0.717) is 36.1 Å². The second-order valence-corrected chi connectivity index (χ2v) is 10.8. The van der Waals surface area contributed by atoms with Gasteiger partial charge in [-0.3, -0.25) is 9.10 Å². The fraction of sp³-hybridized carbons (Fsp3) is 0.240. The van der Waals surface area contributed by atoms with Crippen LogP contribution in [0.25, 0.3) is 0 Å². The van der Waals surface area contributed by atoms with Gasteiger partial charge in [-0.2, -0.15) is 0 Å². The van der Waals surface area contributed by atoms with Crippen molar-refractivity contribution in [2.24, 2.45) is 0 Å². The molecule has 0 saturated heterocycles. The molecule has 1 aliphatic rings. The number of amides is 1. The Labute approximate surface area is 204 Å². The van der Waals surface area contributed by atoms with Crippen LogP contribution in [-0.4, -0.2) is 39.8 Å². The Hall–Kier alpha value is -3.17. The SMILES string of the molecule is C[C@@H](C(=O)Nc1ccc(CSc2ccccc2)cc1)N(c1ccc2c(c1)OCCO2)S(C)(=O)=O. The molecule has 34 heavy (non-hydrogen) atoms. The van der Waals surface area contributed by atoms with E-state index in [1.54, 1.807) is 36.9 Å². The summed E-state index contributed by atoms with van der Waals surface area (Å²) in [7, 11) is -3.75. The van der Waals surface area contributed by atoms with Crippen LogP contribution in [0.3, 0.4) is 0 Å². The van der Waals surface area contributed by atoms with Crippen molar-refractivity contribution in [1.29, 1.82) is 0 Å². The van der Waals surface area contributed by atoms with Gasteiger partial charge in [0.05, 0.1) is 11.9 Å². The molecule has 9 heteroatoms. The van der Waals surface area contributed by atoms with E-state index >= 15 is 0 Å². The second kappa shape index (κ2) is 10.4. The Bertz CT molecular complexity index is 1250. The zero-order valence-corrected chi connectivity index (χ0v) is 20.6. The second-order valence-electron chi connectivity index (χ2n) is 7.85. The van der Waals surface area contributed by atoms with E-state index in [1.165, 1.54) is 4.90 Å². The van der Waals surface area contributed by atoms with E-state index in [9.17, 15) is 13.2 Å². The molecule has 7 nitrogen and oxygen atoms in total. The summed E-state index contributed by atoms with van der Waals surface area (Å²) in [5.41, 5.74) is 2.05. The number of carbonyl (C=O) groups excluding carboxylic acids is 1. The van der Waals surface area contributed by atoms with Crippen LogP contribution < -0.4 is 19.1 Å². The highest BCUT2D eigenvalue weighted by molar-refractivity contribution is 7.98. The fourth-order valence-corrected chi connectivity index (χ4v) is 5.63. The molecular weight excluding hydrogens is 472 g/mol. The lowest BCUT2D eigenvalue weighted by Gasteiger charge is -2.29. The Morgan fingerprint density at radius 1 is 1.00 bits per heavy atom. The Morgan fingerprint density at radius 2 is 1.68 bits per heavy atom. The normalized spacial score (nSPS) is 13.7. The maximum atomic E-state index is 13.0. The Kier molecular flexibility index (Phi) is 7.33. The summed E-state index contributed by atoms with van der Waals surface area (Å²) in [5, 5.41) is 2.82. The molecule has 0 bridgehead atoms. The Morgan fingerprint density at radius 3 is 2.35 bits per heavy atom. The molecular formula is C25H26N2O5S2. The molecule has 3 aromatic carbocycles. The number of rotatable bonds is 8. The molecule has 1 aliphatic heterocycles. The molecule has 0 fully saturated rings. The van der Waals surface area contributed by atoms with Crippen molar-refractivity contribution in [2.45, 2.75) is 23.6 Å². The van der Waals surface area contributed by atoms with E-state index in [0.717, 1.165) is 21.9 Å². The smallest absolute Gasteiger partial charge is 0.247 e. The number of hydrogen-bond donors (Lipinski definition) is 1. The van der Waals surface area contributed by atoms with Gasteiger partial charge in [0.25, 0.3) is 0 Å². The summed E-state index contributed by atoms with van der Waals surface area (Å²) < 4.78 is 37.4. The summed E-state index contributed by atoms with van der Waals surface area (Å²) in [4.78, 5) is 14.2. The highest BCUT2D eigenvalue weighted by Crippen LogP contribution is 2.35. The third-order valence-electron chi connectivity index (χ3n) is 5.24. The number of thioether (sulfide) groups is 1. The molecule has 0 aromatic heterocycles. The first kappa shape index (κ1) is 24.0. The molecule has 3 aromatic rings. The van der Waals surface area contributed by atoms with Crippen LogP contribution >= 0.6 is 11.8 Å². The van der Waals surface area contributed by atoms with Crippen LogP contribution in [0.5, 0.6) is 11.5 Å². The van der Waals surface area contributed by atoms with Gasteiger partial charge in [-0.25, -0.2) is 8.42 Å². The standard InChI is InChI=1S/C25H26N2O5S2/c1-18(27(34(2,29)30)21-12-13-23-24(16-21)32-15-14-31-23)25(28)26-20-10-8-19(9-11-20)17-33-22-6-4-3-5-7-22/h3-13,16,18H,14-15,17H2,1-2H3,(H,26,28)/t18-/m0/s1. The van der Waals surface area contributed by atoms with Gasteiger partial charge < -0.3 is 14.8 Å². The van der Waals surface area contributed by atoms with Crippen molar-refractivity contribution in [3.8, 4) is 11.5 Å². The third kappa shape index (κ3) is 5.84. The van der Waals surface area contributed by atoms with Gasteiger partial charge in [0.15, 0.2) is 11.5 Å². The lowest BCUT2D eigenvalue weighted by molar-refractivity contribution is -0.116. The Balaban J connectivity index is 1.44. The van der Waals surface area contributed by atoms with Crippen molar-refractivity contribution in [1.82, 2.24) is 0 Å². The van der Waals surface area contributed by atoms with Crippen LogP contribution in [0.4, 0.5) is 11.4 Å². The van der Waals surface area contributed by atoms with Crippen LogP contribution in [-0.2, 0) is 20.6 Å². The molecule has 1 heterocycles. The number of fused-ring (bicyclic) bond motifs is 1. The molecule has 1 N–H and O–H groups in total. The monoisotopic (exact) mass is 498 g/mol. The van der Waals surface area contributed by atoms with Crippen molar-refractivity contribution in [2.75, 3.05) is 29.1 Å². The first-order chi connectivity index (χ1) is 16.3. The lowest BCUT2D eigenvalue weighted by atomic mass is 10.2. The van der Waals surface area contributed by atoms with Crippen LogP contribution in [0.2, 0.25) is 0 Å². The number of nitrogens with one attached hydrogen (secondary N) is 1. The lowest BCUT2D eigenvalue weighted by Crippen LogP contribution is -2.45. The van der Waals surface area contributed by atoms with Crippen LogP contribution in [0.1, 0.15) is 12.5 Å². The predicted octanol–water partition coefficient (Wildman–Crippen LogP) is 4.54. The van der Waals surface area contributed by atoms with E-state index in [4.69, 9.17) is 9.47 Å². The molecule has 0 saturated carbocycles. The van der Waals surface area contributed by atoms with Crippen molar-refractivity contribution < 1.29 is 22.7 Å². The van der Waals surface area contributed by atoms with Crippen molar-refractivity contribution >= 4 is 39.1 Å². The zero-order chi connectivity index (χ0) is 24.1. The maximum Gasteiger partial charge on any atom is 0.247 e. The minimum atomic E-state index is -3.75. The quantitative estimate of drug-likeness (QED) is 0.459. The van der Waals surface area contributed by atoms with Gasteiger partial charge in [0.1, 0.15) is 19.3 Å². The first-order valence-corrected chi connectivity index (χ1v) is 13.6. The van der Waals surface area contributed by atoms with Gasteiger partial charge in [-0.05, 0) is 48.9 Å². The third-order valence-corrected chi connectivity index (χ3v) is 7.56. The summed E-state index contributed by atoms with van der Waals surface area (Å²) >= 11 is 1.73.